The fraction of sp³-hybridized carbons (Fsp3) is 0.500. The van der Waals surface area contributed by atoms with Crippen molar-refractivity contribution >= 4 is 23.2 Å². The molecule has 0 aliphatic rings. The summed E-state index contributed by atoms with van der Waals surface area (Å²) in [5.41, 5.74) is 1.12. The molecule has 0 amide bonds. The van der Waals surface area contributed by atoms with Crippen LogP contribution in [-0.4, -0.2) is 23.9 Å². The molecule has 1 atom stereocenters. The summed E-state index contributed by atoms with van der Waals surface area (Å²) in [5.74, 6) is 0.575. The molecule has 0 bridgehead atoms. The number of benzene rings is 1. The van der Waals surface area contributed by atoms with Crippen LogP contribution in [0.3, 0.4) is 0 Å². The Labute approximate surface area is 102 Å². The second-order valence-electron chi connectivity index (χ2n) is 3.41. The molecule has 3 heteroatoms. The number of rotatable bonds is 5. The zero-order valence-electron chi connectivity index (χ0n) is 9.21. The number of alkyl halides is 1. The van der Waals surface area contributed by atoms with E-state index in [2.05, 4.69) is 18.7 Å². The second kappa shape index (κ2) is 6.37. The molecule has 1 unspecified atom stereocenters. The van der Waals surface area contributed by atoms with Gasteiger partial charge in [-0.2, -0.15) is 0 Å². The van der Waals surface area contributed by atoms with Crippen LogP contribution in [0.2, 0.25) is 5.02 Å². The minimum atomic E-state index is 0.218. The van der Waals surface area contributed by atoms with E-state index in [0.717, 1.165) is 23.7 Å². The van der Waals surface area contributed by atoms with Crippen molar-refractivity contribution in [2.75, 3.05) is 19.0 Å². The van der Waals surface area contributed by atoms with Gasteiger partial charge in [-0.1, -0.05) is 43.6 Å². The normalized spacial score (nSPS) is 13.1. The monoisotopic (exact) mass is 245 g/mol. The Morgan fingerprint density at radius 2 is 1.80 bits per heavy atom. The van der Waals surface area contributed by atoms with Gasteiger partial charge in [0.2, 0.25) is 0 Å². The summed E-state index contributed by atoms with van der Waals surface area (Å²) in [7, 11) is 0. The van der Waals surface area contributed by atoms with Crippen LogP contribution in [0, 0.1) is 0 Å². The molecule has 0 N–H and O–H groups in total. The first-order chi connectivity index (χ1) is 7.24. The van der Waals surface area contributed by atoms with E-state index in [4.69, 9.17) is 23.2 Å². The highest BCUT2D eigenvalue weighted by atomic mass is 35.5. The lowest BCUT2D eigenvalue weighted by atomic mass is 10.1. The Bertz CT molecular complexity index is 297. The van der Waals surface area contributed by atoms with Gasteiger partial charge in [0.05, 0.1) is 0 Å². The molecule has 0 spiro atoms. The molecule has 0 aliphatic heterocycles. The zero-order chi connectivity index (χ0) is 11.3. The van der Waals surface area contributed by atoms with E-state index < -0.39 is 0 Å². The third kappa shape index (κ3) is 3.10. The minimum absolute atomic E-state index is 0.218. The van der Waals surface area contributed by atoms with Crippen molar-refractivity contribution in [2.45, 2.75) is 19.9 Å². The molecule has 1 aromatic rings. The summed E-state index contributed by atoms with van der Waals surface area (Å²) >= 11 is 12.2. The van der Waals surface area contributed by atoms with Gasteiger partial charge < -0.3 is 0 Å². The van der Waals surface area contributed by atoms with Gasteiger partial charge in [-0.3, -0.25) is 4.90 Å². The van der Waals surface area contributed by atoms with Crippen molar-refractivity contribution in [3.63, 3.8) is 0 Å². The summed E-state index contributed by atoms with van der Waals surface area (Å²) in [5, 5.41) is 0.801. The SMILES string of the molecule is CCN(CC)C(CCl)c1ccccc1Cl. The largest absolute Gasteiger partial charge is 0.296 e. The summed E-state index contributed by atoms with van der Waals surface area (Å²) < 4.78 is 0. The molecule has 1 rings (SSSR count). The van der Waals surface area contributed by atoms with E-state index in [0.29, 0.717) is 5.88 Å². The maximum Gasteiger partial charge on any atom is 0.0498 e. The number of hydrogen-bond donors (Lipinski definition) is 0. The first kappa shape index (κ1) is 12.8. The Morgan fingerprint density at radius 1 is 1.20 bits per heavy atom. The summed E-state index contributed by atoms with van der Waals surface area (Å²) in [6, 6.07) is 8.13. The van der Waals surface area contributed by atoms with E-state index >= 15 is 0 Å². The number of hydrogen-bond acceptors (Lipinski definition) is 1. The molecule has 84 valence electrons. The molecular formula is C12H17Cl2N. The van der Waals surface area contributed by atoms with Crippen LogP contribution < -0.4 is 0 Å². The Balaban J connectivity index is 2.96. The van der Waals surface area contributed by atoms with Crippen molar-refractivity contribution in [1.29, 1.82) is 0 Å². The van der Waals surface area contributed by atoms with Gasteiger partial charge in [0.15, 0.2) is 0 Å². The fourth-order valence-corrected chi connectivity index (χ4v) is 2.41. The fourth-order valence-electron chi connectivity index (χ4n) is 1.79. The number of halogens is 2. The molecule has 0 radical (unpaired) electrons. The third-order valence-electron chi connectivity index (χ3n) is 2.66. The van der Waals surface area contributed by atoms with Gasteiger partial charge in [0.1, 0.15) is 0 Å². The first-order valence-electron chi connectivity index (χ1n) is 5.29. The lowest BCUT2D eigenvalue weighted by molar-refractivity contribution is 0.237. The first-order valence-corrected chi connectivity index (χ1v) is 6.20. The highest BCUT2D eigenvalue weighted by molar-refractivity contribution is 6.31. The molecule has 15 heavy (non-hydrogen) atoms. The quantitative estimate of drug-likeness (QED) is 0.711. The predicted octanol–water partition coefficient (Wildman–Crippen LogP) is 3.96. The lowest BCUT2D eigenvalue weighted by Crippen LogP contribution is -2.29. The van der Waals surface area contributed by atoms with Crippen LogP contribution in [0.15, 0.2) is 24.3 Å². The molecule has 0 saturated carbocycles. The molecule has 0 saturated heterocycles. The highest BCUT2D eigenvalue weighted by Crippen LogP contribution is 2.28. The lowest BCUT2D eigenvalue weighted by Gasteiger charge is -2.28. The Hall–Kier alpha value is -0.240. The zero-order valence-corrected chi connectivity index (χ0v) is 10.7. The molecule has 0 aliphatic carbocycles. The van der Waals surface area contributed by atoms with Crippen LogP contribution in [0.5, 0.6) is 0 Å². The van der Waals surface area contributed by atoms with Crippen LogP contribution >= 0.6 is 23.2 Å². The van der Waals surface area contributed by atoms with E-state index in [1.165, 1.54) is 0 Å². The predicted molar refractivity (Wildman–Crippen MR) is 67.8 cm³/mol. The molecule has 1 aromatic carbocycles. The van der Waals surface area contributed by atoms with Crippen molar-refractivity contribution in [3.8, 4) is 0 Å². The van der Waals surface area contributed by atoms with Crippen molar-refractivity contribution in [3.05, 3.63) is 34.9 Å². The van der Waals surface area contributed by atoms with Crippen LogP contribution in [-0.2, 0) is 0 Å². The Morgan fingerprint density at radius 3 is 2.27 bits per heavy atom. The van der Waals surface area contributed by atoms with Crippen LogP contribution in [0.25, 0.3) is 0 Å². The van der Waals surface area contributed by atoms with Gasteiger partial charge in [0.25, 0.3) is 0 Å². The van der Waals surface area contributed by atoms with E-state index in [1.807, 2.05) is 24.3 Å². The van der Waals surface area contributed by atoms with Crippen molar-refractivity contribution in [1.82, 2.24) is 4.90 Å². The van der Waals surface area contributed by atoms with Gasteiger partial charge >= 0.3 is 0 Å². The summed E-state index contributed by atoms with van der Waals surface area (Å²) in [4.78, 5) is 2.31. The third-order valence-corrected chi connectivity index (χ3v) is 3.30. The average molecular weight is 246 g/mol. The topological polar surface area (TPSA) is 3.24 Å². The minimum Gasteiger partial charge on any atom is -0.296 e. The molecule has 0 aromatic heterocycles. The average Bonchev–Trinajstić information content (AvgIpc) is 2.27. The number of nitrogens with zero attached hydrogens (tertiary/aromatic N) is 1. The van der Waals surface area contributed by atoms with E-state index in [-0.39, 0.29) is 6.04 Å². The van der Waals surface area contributed by atoms with Crippen LogP contribution in [0.4, 0.5) is 0 Å². The van der Waals surface area contributed by atoms with Crippen molar-refractivity contribution in [2.24, 2.45) is 0 Å². The molecule has 0 heterocycles. The van der Waals surface area contributed by atoms with Crippen molar-refractivity contribution < 1.29 is 0 Å². The Kier molecular flexibility index (Phi) is 5.44. The maximum absolute atomic E-state index is 6.17. The van der Waals surface area contributed by atoms with Crippen LogP contribution in [0.1, 0.15) is 25.5 Å². The summed E-state index contributed by atoms with van der Waals surface area (Å²) in [6.45, 7) is 6.25. The maximum atomic E-state index is 6.17. The summed E-state index contributed by atoms with van der Waals surface area (Å²) in [6.07, 6.45) is 0. The molecule has 1 nitrogen and oxygen atoms in total. The van der Waals surface area contributed by atoms with E-state index in [1.54, 1.807) is 0 Å². The second-order valence-corrected chi connectivity index (χ2v) is 4.13. The standard InChI is InChI=1S/C12H17Cl2N/c1-3-15(4-2)12(9-13)10-7-5-6-8-11(10)14/h5-8,12H,3-4,9H2,1-2H3. The molecule has 0 fully saturated rings. The van der Waals surface area contributed by atoms with Gasteiger partial charge in [-0.25, -0.2) is 0 Å². The van der Waals surface area contributed by atoms with Gasteiger partial charge in [-0.05, 0) is 24.7 Å². The van der Waals surface area contributed by atoms with Gasteiger partial charge in [-0.15, -0.1) is 11.6 Å². The van der Waals surface area contributed by atoms with Gasteiger partial charge in [0, 0.05) is 16.9 Å². The smallest absolute Gasteiger partial charge is 0.0498 e. The highest BCUT2D eigenvalue weighted by Gasteiger charge is 2.18. The molecular weight excluding hydrogens is 229 g/mol. The van der Waals surface area contributed by atoms with E-state index in [9.17, 15) is 0 Å².